The fourth-order valence-electron chi connectivity index (χ4n) is 12.9. The van der Waals surface area contributed by atoms with Gasteiger partial charge in [0.05, 0.1) is 42.3 Å². The Morgan fingerprint density at radius 2 is 1.71 bits per heavy atom. The first kappa shape index (κ1) is 44.4. The summed E-state index contributed by atoms with van der Waals surface area (Å²) in [6.07, 6.45) is 10.3. The molecule has 2 unspecified atom stereocenters. The highest BCUT2D eigenvalue weighted by atomic mass is 32.1. The zero-order valence-corrected chi connectivity index (χ0v) is 39.8. The third kappa shape index (κ3) is 8.55. The van der Waals surface area contributed by atoms with Crippen LogP contribution in [-0.4, -0.2) is 98.5 Å². The van der Waals surface area contributed by atoms with Crippen LogP contribution >= 0.6 is 11.3 Å². The Kier molecular flexibility index (Phi) is 11.6. The number of esters is 1. The summed E-state index contributed by atoms with van der Waals surface area (Å²) in [5.41, 5.74) is 6.84. The van der Waals surface area contributed by atoms with E-state index in [1.807, 2.05) is 67.8 Å². The van der Waals surface area contributed by atoms with Crippen molar-refractivity contribution in [1.82, 2.24) is 34.8 Å². The lowest BCUT2D eigenvalue weighted by Crippen LogP contribution is -2.64. The molecular weight excluding hydrogens is 851 g/mol. The van der Waals surface area contributed by atoms with Crippen molar-refractivity contribution in [3.05, 3.63) is 94.9 Å². The lowest BCUT2D eigenvalue weighted by atomic mass is 9.39. The van der Waals surface area contributed by atoms with Crippen LogP contribution in [0.3, 0.4) is 0 Å². The van der Waals surface area contributed by atoms with Crippen molar-refractivity contribution in [3.63, 3.8) is 0 Å². The van der Waals surface area contributed by atoms with Crippen molar-refractivity contribution in [1.29, 1.82) is 0 Å². The van der Waals surface area contributed by atoms with Crippen LogP contribution in [0, 0.1) is 30.1 Å². The number of thiazole rings is 1. The summed E-state index contributed by atoms with van der Waals surface area (Å²) < 4.78 is 21.6. The number of fused-ring (bicyclic) bond motifs is 2. The maximum absolute atomic E-state index is 14.4. The highest BCUT2D eigenvalue weighted by Gasteiger charge is 2.66. The van der Waals surface area contributed by atoms with Crippen LogP contribution in [0.2, 0.25) is 0 Å². The Balaban J connectivity index is 0.952. The monoisotopic (exact) mass is 911 g/mol. The Bertz CT molecular complexity index is 2720. The smallest absolute Gasteiger partial charge is 0.358 e. The van der Waals surface area contributed by atoms with Crippen molar-refractivity contribution >= 4 is 50.1 Å². The minimum atomic E-state index is -0.518. The average Bonchev–Trinajstić information content (AvgIpc) is 3.86. The molecule has 346 valence electrons. The molecule has 4 aliphatic carbocycles. The molecule has 0 saturated heterocycles. The molecule has 5 aliphatic rings. The normalized spacial score (nSPS) is 24.3. The zero-order chi connectivity index (χ0) is 45.8. The third-order valence-electron chi connectivity index (χ3n) is 14.7. The van der Waals surface area contributed by atoms with Gasteiger partial charge in [-0.25, -0.2) is 14.8 Å². The standard InChI is InChI=1S/C51H61N9O5S/c1-33-37-10-9-19-59(45(37)57-56-44(33)55-47-53-40-11-7-8-12-41(40)66-47)42-18-17-38(43(54-42)46(62)64-25-35-13-15-36(63-6)16-14-35)39-24-52-60(34(39)2)32-50-27-48(3)26-49(4,28-50)30-51(29-48,31-50)65-23-21-58(5)20-22-61/h7-8,11-18,24,61H,9-10,19-23,25-32H2,1-6H3,(H,53,55,56). The first-order valence-corrected chi connectivity index (χ1v) is 24.1. The van der Waals surface area contributed by atoms with E-state index in [1.54, 1.807) is 18.4 Å². The van der Waals surface area contributed by atoms with E-state index in [-0.39, 0.29) is 40.8 Å². The molecule has 2 atom stereocenters. The fraction of sp³-hybridized carbons (Fsp3) is 0.490. The van der Waals surface area contributed by atoms with Crippen molar-refractivity contribution < 1.29 is 24.1 Å². The molecule has 14 nitrogen and oxygen atoms in total. The maximum Gasteiger partial charge on any atom is 0.358 e. The summed E-state index contributed by atoms with van der Waals surface area (Å²) in [5, 5.41) is 28.2. The van der Waals surface area contributed by atoms with Gasteiger partial charge in [-0.2, -0.15) is 5.10 Å². The summed E-state index contributed by atoms with van der Waals surface area (Å²) in [4.78, 5) is 28.5. The minimum Gasteiger partial charge on any atom is -0.497 e. The Hall–Kier alpha value is -5.48. The van der Waals surface area contributed by atoms with Crippen LogP contribution in [0.1, 0.15) is 91.7 Å². The van der Waals surface area contributed by atoms with E-state index in [1.165, 1.54) is 6.42 Å². The summed E-state index contributed by atoms with van der Waals surface area (Å²) in [5.74, 6) is 2.22. The summed E-state index contributed by atoms with van der Waals surface area (Å²) >= 11 is 1.59. The maximum atomic E-state index is 14.4. The predicted molar refractivity (Wildman–Crippen MR) is 257 cm³/mol. The number of nitrogens with zero attached hydrogens (tertiary/aromatic N) is 8. The SMILES string of the molecule is COc1ccc(COC(=O)c2nc(N3CCCc4c3nnc(Nc3nc5ccccc5s3)c4C)ccc2-c2cnn(CC34CC5(C)CC(C)(C3)CC(OCCN(C)CCO)(C5)C4)c2C)cc1. The van der Waals surface area contributed by atoms with Crippen molar-refractivity contribution in [2.24, 2.45) is 16.2 Å². The van der Waals surface area contributed by atoms with Gasteiger partial charge in [-0.3, -0.25) is 4.68 Å². The summed E-state index contributed by atoms with van der Waals surface area (Å²) in [6, 6.07) is 19.6. The van der Waals surface area contributed by atoms with Gasteiger partial charge in [0.15, 0.2) is 22.5 Å². The quantitative estimate of drug-likeness (QED) is 0.0889. The van der Waals surface area contributed by atoms with Crippen molar-refractivity contribution in [3.8, 4) is 16.9 Å². The number of ether oxygens (including phenoxy) is 3. The van der Waals surface area contributed by atoms with Gasteiger partial charge in [-0.05, 0) is 130 Å². The number of hydrogen-bond acceptors (Lipinski definition) is 14. The first-order chi connectivity index (χ1) is 31.8. The number of rotatable bonds is 16. The number of carbonyl (C=O) groups is 1. The van der Waals surface area contributed by atoms with Gasteiger partial charge in [0.1, 0.15) is 18.2 Å². The Labute approximate surface area is 390 Å². The molecule has 0 amide bonds. The molecule has 0 spiro atoms. The Morgan fingerprint density at radius 1 is 0.924 bits per heavy atom. The molecule has 11 rings (SSSR count). The van der Waals surface area contributed by atoms with Gasteiger partial charge in [0.2, 0.25) is 0 Å². The number of methoxy groups -OCH3 is 1. The minimum absolute atomic E-state index is 0.0239. The number of pyridine rings is 1. The van der Waals surface area contributed by atoms with E-state index in [0.29, 0.717) is 36.9 Å². The van der Waals surface area contributed by atoms with E-state index in [2.05, 4.69) is 58.7 Å². The molecule has 4 saturated carbocycles. The number of benzene rings is 2. The predicted octanol–water partition coefficient (Wildman–Crippen LogP) is 9.22. The number of aliphatic hydroxyl groups excluding tert-OH is 1. The number of anilines is 4. The van der Waals surface area contributed by atoms with Gasteiger partial charge >= 0.3 is 5.97 Å². The number of aromatic nitrogens is 6. The van der Waals surface area contributed by atoms with Crippen LogP contribution in [0.5, 0.6) is 5.75 Å². The molecule has 0 radical (unpaired) electrons. The lowest BCUT2D eigenvalue weighted by Gasteiger charge is -2.69. The second kappa shape index (κ2) is 17.3. The highest BCUT2D eigenvalue weighted by Crippen LogP contribution is 2.72. The van der Waals surface area contributed by atoms with E-state index >= 15 is 0 Å². The second-order valence-electron chi connectivity index (χ2n) is 20.4. The van der Waals surface area contributed by atoms with Crippen LogP contribution in [0.15, 0.2) is 66.9 Å². The molecule has 15 heteroatoms. The average molecular weight is 912 g/mol. The van der Waals surface area contributed by atoms with E-state index in [0.717, 1.165) is 113 Å². The van der Waals surface area contributed by atoms with Crippen LogP contribution < -0.4 is 15.0 Å². The number of hydrogen-bond donors (Lipinski definition) is 2. The van der Waals surface area contributed by atoms with Gasteiger partial charge in [-0.15, -0.1) is 10.2 Å². The molecule has 4 bridgehead atoms. The first-order valence-electron chi connectivity index (χ1n) is 23.3. The zero-order valence-electron chi connectivity index (χ0n) is 39.0. The molecule has 1 aliphatic heterocycles. The fourth-order valence-corrected chi connectivity index (χ4v) is 13.8. The molecule has 4 fully saturated rings. The number of likely N-dealkylation sites (N-methyl/N-ethyl adjacent to an activating group) is 1. The van der Waals surface area contributed by atoms with Crippen LogP contribution in [0.25, 0.3) is 21.3 Å². The van der Waals surface area contributed by atoms with E-state index in [4.69, 9.17) is 34.4 Å². The number of nitrogens with one attached hydrogen (secondary N) is 1. The molecule has 6 aromatic rings. The van der Waals surface area contributed by atoms with Gasteiger partial charge < -0.3 is 34.4 Å². The molecular formula is C51H61N9O5S. The molecule has 4 aromatic heterocycles. The molecule has 2 aromatic carbocycles. The van der Waals surface area contributed by atoms with E-state index in [9.17, 15) is 9.90 Å². The van der Waals surface area contributed by atoms with Crippen LogP contribution in [0.4, 0.5) is 22.6 Å². The third-order valence-corrected chi connectivity index (χ3v) is 15.6. The largest absolute Gasteiger partial charge is 0.497 e. The molecule has 2 N–H and O–H groups in total. The van der Waals surface area contributed by atoms with Gasteiger partial charge in [0, 0.05) is 54.1 Å². The highest BCUT2D eigenvalue weighted by molar-refractivity contribution is 7.22. The molecule has 66 heavy (non-hydrogen) atoms. The summed E-state index contributed by atoms with van der Waals surface area (Å²) in [6.45, 7) is 12.9. The summed E-state index contributed by atoms with van der Waals surface area (Å²) in [7, 11) is 3.67. The number of aliphatic hydroxyl groups is 1. The lowest BCUT2D eigenvalue weighted by molar-refractivity contribution is -0.248. The van der Waals surface area contributed by atoms with Gasteiger partial charge in [-0.1, -0.05) is 49.4 Å². The number of para-hydroxylation sites is 1. The van der Waals surface area contributed by atoms with Crippen LogP contribution in [-0.2, 0) is 29.0 Å². The molecule has 5 heterocycles. The Morgan fingerprint density at radius 3 is 2.47 bits per heavy atom. The topological polar surface area (TPSA) is 153 Å². The van der Waals surface area contributed by atoms with Crippen molar-refractivity contribution in [2.75, 3.05) is 57.2 Å². The number of carbonyl (C=O) groups excluding carboxylic acids is 1. The second-order valence-corrected chi connectivity index (χ2v) is 21.4. The van der Waals surface area contributed by atoms with E-state index < -0.39 is 5.97 Å². The van der Waals surface area contributed by atoms with Crippen molar-refractivity contribution in [2.45, 2.75) is 97.8 Å². The van der Waals surface area contributed by atoms with Gasteiger partial charge in [0.25, 0.3) is 0 Å².